The van der Waals surface area contributed by atoms with Gasteiger partial charge in [-0.1, -0.05) is 12.1 Å². The lowest BCUT2D eigenvalue weighted by Gasteiger charge is -1.97. The van der Waals surface area contributed by atoms with Crippen LogP contribution in [0.15, 0.2) is 30.5 Å². The molecule has 0 aliphatic rings. The zero-order valence-electron chi connectivity index (χ0n) is 6.77. The summed E-state index contributed by atoms with van der Waals surface area (Å²) in [4.78, 5) is 18.8. The van der Waals surface area contributed by atoms with Gasteiger partial charge in [-0.25, -0.2) is 4.98 Å². The van der Waals surface area contributed by atoms with E-state index in [1.54, 1.807) is 6.07 Å². The van der Waals surface area contributed by atoms with Gasteiger partial charge in [0.25, 0.3) is 0 Å². The minimum Gasteiger partial charge on any atom is -0.292 e. The van der Waals surface area contributed by atoms with E-state index in [2.05, 4.69) is 9.97 Å². The van der Waals surface area contributed by atoms with Gasteiger partial charge in [-0.05, 0) is 12.1 Å². The molecule has 0 amide bonds. The Labute approximate surface area is 75.4 Å². The van der Waals surface area contributed by atoms with Gasteiger partial charge in [0.1, 0.15) is 5.69 Å². The first-order valence-electron chi connectivity index (χ1n) is 3.79. The van der Waals surface area contributed by atoms with Gasteiger partial charge in [-0.3, -0.25) is 9.78 Å². The predicted molar refractivity (Wildman–Crippen MR) is 48.2 cm³/mol. The SMILES string of the molecule is [CH]C(=O)c1cnc2ccccc2n1. The summed E-state index contributed by atoms with van der Waals surface area (Å²) in [7, 11) is 0. The molecule has 0 spiro atoms. The van der Waals surface area contributed by atoms with E-state index in [4.69, 9.17) is 6.92 Å². The normalized spacial score (nSPS) is 10.2. The van der Waals surface area contributed by atoms with Gasteiger partial charge in [0.2, 0.25) is 0 Å². The highest BCUT2D eigenvalue weighted by Gasteiger charge is 2.02. The Kier molecular flexibility index (Phi) is 1.77. The second-order valence-corrected chi connectivity index (χ2v) is 2.61. The maximum absolute atomic E-state index is 10.8. The van der Waals surface area contributed by atoms with Crippen LogP contribution in [-0.4, -0.2) is 15.8 Å². The van der Waals surface area contributed by atoms with E-state index in [1.807, 2.05) is 18.2 Å². The molecule has 2 aromatic rings. The van der Waals surface area contributed by atoms with Crippen molar-refractivity contribution in [3.8, 4) is 0 Å². The number of ketones is 1. The topological polar surface area (TPSA) is 42.9 Å². The number of nitrogens with zero attached hydrogens (tertiary/aromatic N) is 2. The number of fused-ring (bicyclic) bond motifs is 1. The molecule has 2 rings (SSSR count). The lowest BCUT2D eigenvalue weighted by atomic mass is 10.2. The van der Waals surface area contributed by atoms with E-state index in [0.29, 0.717) is 5.52 Å². The fraction of sp³-hybridized carbons (Fsp3) is 0. The third-order valence-electron chi connectivity index (χ3n) is 1.70. The average Bonchev–Trinajstić information content (AvgIpc) is 2.17. The third-order valence-corrected chi connectivity index (χ3v) is 1.70. The molecule has 1 aromatic carbocycles. The van der Waals surface area contributed by atoms with Gasteiger partial charge < -0.3 is 0 Å². The number of hydrogen-bond acceptors (Lipinski definition) is 3. The Hall–Kier alpha value is -1.77. The maximum Gasteiger partial charge on any atom is 0.187 e. The molecule has 3 heteroatoms. The number of benzene rings is 1. The zero-order valence-corrected chi connectivity index (χ0v) is 6.77. The molecule has 0 saturated heterocycles. The number of para-hydroxylation sites is 2. The molecule has 13 heavy (non-hydrogen) atoms. The molecule has 3 nitrogen and oxygen atoms in total. The highest BCUT2D eigenvalue weighted by Crippen LogP contribution is 2.08. The Morgan fingerprint density at radius 1 is 1.23 bits per heavy atom. The van der Waals surface area contributed by atoms with Gasteiger partial charge in [0.15, 0.2) is 5.78 Å². The molecule has 0 bridgehead atoms. The van der Waals surface area contributed by atoms with Crippen LogP contribution in [0.2, 0.25) is 0 Å². The summed E-state index contributed by atoms with van der Waals surface area (Å²) in [5.74, 6) is -0.557. The molecule has 2 radical (unpaired) electrons. The monoisotopic (exact) mass is 170 g/mol. The average molecular weight is 170 g/mol. The first-order valence-corrected chi connectivity index (χ1v) is 3.79. The molecular weight excluding hydrogens is 164 g/mol. The summed E-state index contributed by atoms with van der Waals surface area (Å²) < 4.78 is 0. The number of carbonyl (C=O) groups is 1. The second-order valence-electron chi connectivity index (χ2n) is 2.61. The van der Waals surface area contributed by atoms with Crippen LogP contribution < -0.4 is 0 Å². The molecule has 0 fully saturated rings. The number of aromatic nitrogens is 2. The minimum atomic E-state index is -0.557. The first kappa shape index (κ1) is 7.86. The van der Waals surface area contributed by atoms with Crippen molar-refractivity contribution in [2.75, 3.05) is 0 Å². The summed E-state index contributed by atoms with van der Waals surface area (Å²) >= 11 is 0. The van der Waals surface area contributed by atoms with Crippen LogP contribution in [0.5, 0.6) is 0 Å². The second kappa shape index (κ2) is 2.94. The molecular formula is C10H6N2O. The number of hydrogen-bond donors (Lipinski definition) is 0. The number of rotatable bonds is 1. The standard InChI is InChI=1S/C10H6N2O/c1-7(13)10-6-11-8-4-2-3-5-9(8)12-10/h1-6H. The third kappa shape index (κ3) is 1.40. The van der Waals surface area contributed by atoms with E-state index in [0.717, 1.165) is 5.52 Å². The Morgan fingerprint density at radius 2 is 1.92 bits per heavy atom. The smallest absolute Gasteiger partial charge is 0.187 e. The Balaban J connectivity index is 2.69. The summed E-state index contributed by atoms with van der Waals surface area (Å²) in [5.41, 5.74) is 1.63. The summed E-state index contributed by atoms with van der Waals surface area (Å²) in [5, 5.41) is 0. The van der Waals surface area contributed by atoms with Crippen molar-refractivity contribution in [3.63, 3.8) is 0 Å². The van der Waals surface area contributed by atoms with Gasteiger partial charge in [-0.15, -0.1) is 0 Å². The van der Waals surface area contributed by atoms with Crippen molar-refractivity contribution in [1.82, 2.24) is 9.97 Å². The Morgan fingerprint density at radius 3 is 2.62 bits per heavy atom. The van der Waals surface area contributed by atoms with Crippen molar-refractivity contribution in [1.29, 1.82) is 0 Å². The van der Waals surface area contributed by atoms with Crippen LogP contribution in [0.1, 0.15) is 10.5 Å². The number of Topliss-reactive ketones (excluding diaryl/α,β-unsaturated/α-hetero) is 1. The van der Waals surface area contributed by atoms with Crippen LogP contribution in [0, 0.1) is 6.92 Å². The Bertz CT molecular complexity index is 465. The van der Waals surface area contributed by atoms with Crippen molar-refractivity contribution >= 4 is 16.8 Å². The lowest BCUT2D eigenvalue weighted by molar-refractivity contribution is 0.104. The molecule has 0 N–H and O–H groups in total. The van der Waals surface area contributed by atoms with E-state index >= 15 is 0 Å². The minimum absolute atomic E-state index is 0.193. The van der Waals surface area contributed by atoms with Crippen molar-refractivity contribution in [3.05, 3.63) is 43.1 Å². The van der Waals surface area contributed by atoms with Gasteiger partial charge in [0.05, 0.1) is 17.2 Å². The fourth-order valence-corrected chi connectivity index (χ4v) is 1.08. The predicted octanol–water partition coefficient (Wildman–Crippen LogP) is 1.52. The lowest BCUT2D eigenvalue weighted by Crippen LogP contribution is -1.98. The molecule has 0 aliphatic heterocycles. The van der Waals surface area contributed by atoms with Crippen LogP contribution in [0.25, 0.3) is 11.0 Å². The van der Waals surface area contributed by atoms with Crippen LogP contribution in [0.3, 0.4) is 0 Å². The van der Waals surface area contributed by atoms with Crippen molar-refractivity contribution in [2.45, 2.75) is 0 Å². The van der Waals surface area contributed by atoms with Crippen LogP contribution >= 0.6 is 0 Å². The summed E-state index contributed by atoms with van der Waals surface area (Å²) in [6.07, 6.45) is 1.38. The molecule has 0 unspecified atom stereocenters. The van der Waals surface area contributed by atoms with Gasteiger partial charge >= 0.3 is 0 Å². The highest BCUT2D eigenvalue weighted by atomic mass is 16.1. The van der Waals surface area contributed by atoms with E-state index in [1.165, 1.54) is 6.20 Å². The molecule has 1 heterocycles. The molecule has 0 atom stereocenters. The molecule has 1 aromatic heterocycles. The van der Waals surface area contributed by atoms with Crippen molar-refractivity contribution < 1.29 is 4.79 Å². The van der Waals surface area contributed by atoms with Gasteiger partial charge in [0, 0.05) is 6.92 Å². The fourth-order valence-electron chi connectivity index (χ4n) is 1.08. The molecule has 62 valence electrons. The molecule has 0 saturated carbocycles. The highest BCUT2D eigenvalue weighted by molar-refractivity contribution is 5.98. The summed E-state index contributed by atoms with van der Waals surface area (Å²) in [6, 6.07) is 7.31. The molecule has 0 aliphatic carbocycles. The van der Waals surface area contributed by atoms with Crippen molar-refractivity contribution in [2.24, 2.45) is 0 Å². The first-order chi connectivity index (χ1) is 6.27. The van der Waals surface area contributed by atoms with E-state index < -0.39 is 5.78 Å². The van der Waals surface area contributed by atoms with Gasteiger partial charge in [-0.2, -0.15) is 0 Å². The quantitative estimate of drug-likeness (QED) is 0.609. The zero-order chi connectivity index (χ0) is 9.26. The largest absolute Gasteiger partial charge is 0.292 e. The maximum atomic E-state index is 10.8. The summed E-state index contributed by atoms with van der Waals surface area (Å²) in [6.45, 7) is 5.06. The number of carbonyl (C=O) groups excluding carboxylic acids is 1. The van der Waals surface area contributed by atoms with E-state index in [-0.39, 0.29) is 5.69 Å². The van der Waals surface area contributed by atoms with E-state index in [9.17, 15) is 4.79 Å². The van der Waals surface area contributed by atoms with Crippen LogP contribution in [-0.2, 0) is 0 Å². The van der Waals surface area contributed by atoms with Crippen LogP contribution in [0.4, 0.5) is 0 Å².